The van der Waals surface area contributed by atoms with E-state index in [1.54, 1.807) is 10.7 Å². The Labute approximate surface area is 158 Å². The molecule has 0 aliphatic heterocycles. The zero-order chi connectivity index (χ0) is 18.9. The van der Waals surface area contributed by atoms with Gasteiger partial charge in [-0.1, -0.05) is 23.2 Å². The van der Waals surface area contributed by atoms with E-state index in [0.29, 0.717) is 22.5 Å². The van der Waals surface area contributed by atoms with Crippen LogP contribution < -0.4 is 10.3 Å². The first-order valence-electron chi connectivity index (χ1n) is 7.39. The molecule has 26 heavy (non-hydrogen) atoms. The number of aryl methyl sites for hydroxylation is 1. The van der Waals surface area contributed by atoms with Gasteiger partial charge in [-0.25, -0.2) is 8.42 Å². The Morgan fingerprint density at radius 2 is 1.96 bits per heavy atom. The van der Waals surface area contributed by atoms with Crippen LogP contribution in [0.1, 0.15) is 6.42 Å². The molecule has 0 unspecified atom stereocenters. The van der Waals surface area contributed by atoms with Gasteiger partial charge in [0.2, 0.25) is 0 Å². The average Bonchev–Trinajstić information content (AvgIpc) is 2.88. The molecular formula is C16H12Cl2N4O3S. The van der Waals surface area contributed by atoms with Gasteiger partial charge < -0.3 is 0 Å². The summed E-state index contributed by atoms with van der Waals surface area (Å²) in [7, 11) is -3.95. The molecule has 2 aromatic carbocycles. The first kappa shape index (κ1) is 18.3. The molecule has 3 rings (SSSR count). The standard InChI is InChI=1S/C16H12Cl2N4O3S/c17-10-2-5-15(13(18)8-10)26(24,25)21-11-3-4-14-12(9-11)16(23)20-22(14)7-1-6-19/h2-5,8-9,21H,1,7H2,(H,20,23). The molecule has 7 nitrogen and oxygen atoms in total. The lowest BCUT2D eigenvalue weighted by atomic mass is 10.2. The fourth-order valence-corrected chi connectivity index (χ4v) is 4.32. The Kier molecular flexibility index (Phi) is 4.96. The van der Waals surface area contributed by atoms with E-state index in [9.17, 15) is 13.2 Å². The number of aromatic nitrogens is 2. The summed E-state index contributed by atoms with van der Waals surface area (Å²) in [6.45, 7) is 0.334. The van der Waals surface area contributed by atoms with Gasteiger partial charge in [-0.2, -0.15) is 5.26 Å². The first-order chi connectivity index (χ1) is 12.3. The van der Waals surface area contributed by atoms with Crippen molar-refractivity contribution in [2.24, 2.45) is 0 Å². The quantitative estimate of drug-likeness (QED) is 0.671. The summed E-state index contributed by atoms with van der Waals surface area (Å²) in [5, 5.41) is 11.9. The number of anilines is 1. The fourth-order valence-electron chi connectivity index (χ4n) is 2.50. The Bertz CT molecular complexity index is 1190. The number of benzene rings is 2. The van der Waals surface area contributed by atoms with E-state index in [1.807, 2.05) is 6.07 Å². The van der Waals surface area contributed by atoms with Crippen molar-refractivity contribution in [1.29, 1.82) is 5.26 Å². The summed E-state index contributed by atoms with van der Waals surface area (Å²) in [6, 6.07) is 10.6. The van der Waals surface area contributed by atoms with Crippen LogP contribution in [0.4, 0.5) is 5.69 Å². The predicted molar refractivity (Wildman–Crippen MR) is 100 cm³/mol. The van der Waals surface area contributed by atoms with E-state index in [0.717, 1.165) is 0 Å². The summed E-state index contributed by atoms with van der Waals surface area (Å²) in [5.74, 6) is 0. The van der Waals surface area contributed by atoms with Crippen molar-refractivity contribution in [3.05, 3.63) is 56.8 Å². The molecule has 3 aromatic rings. The molecule has 0 amide bonds. The molecule has 0 aliphatic carbocycles. The SMILES string of the molecule is N#CCCn1[nH]c(=O)c2cc(NS(=O)(=O)c3ccc(Cl)cc3Cl)ccc21. The zero-order valence-electron chi connectivity index (χ0n) is 13.2. The van der Waals surface area contributed by atoms with E-state index < -0.39 is 10.0 Å². The van der Waals surface area contributed by atoms with Crippen LogP contribution in [0, 0.1) is 11.3 Å². The summed E-state index contributed by atoms with van der Waals surface area (Å²) in [4.78, 5) is 11.9. The molecule has 0 bridgehead atoms. The molecule has 1 aromatic heterocycles. The first-order valence-corrected chi connectivity index (χ1v) is 9.63. The van der Waals surface area contributed by atoms with Crippen molar-refractivity contribution in [3.8, 4) is 6.07 Å². The maximum absolute atomic E-state index is 12.5. The molecule has 0 spiro atoms. The summed E-state index contributed by atoms with van der Waals surface area (Å²) >= 11 is 11.8. The molecule has 2 N–H and O–H groups in total. The Morgan fingerprint density at radius 1 is 1.19 bits per heavy atom. The topological polar surface area (TPSA) is 108 Å². The van der Waals surface area contributed by atoms with Crippen molar-refractivity contribution in [2.75, 3.05) is 4.72 Å². The Morgan fingerprint density at radius 3 is 2.65 bits per heavy atom. The maximum Gasteiger partial charge on any atom is 0.272 e. The summed E-state index contributed by atoms with van der Waals surface area (Å²) in [6.07, 6.45) is 0.239. The van der Waals surface area contributed by atoms with Crippen molar-refractivity contribution < 1.29 is 8.42 Å². The van der Waals surface area contributed by atoms with E-state index in [4.69, 9.17) is 28.5 Å². The van der Waals surface area contributed by atoms with Crippen LogP contribution in [0.25, 0.3) is 10.9 Å². The number of hydrogen-bond acceptors (Lipinski definition) is 4. The molecule has 0 fully saturated rings. The van der Waals surface area contributed by atoms with Gasteiger partial charge in [0, 0.05) is 10.7 Å². The number of nitriles is 1. The minimum atomic E-state index is -3.95. The maximum atomic E-state index is 12.5. The minimum Gasteiger partial charge on any atom is -0.283 e. The van der Waals surface area contributed by atoms with E-state index in [-0.39, 0.29) is 27.6 Å². The third kappa shape index (κ3) is 3.55. The zero-order valence-corrected chi connectivity index (χ0v) is 15.5. The summed E-state index contributed by atoms with van der Waals surface area (Å²) in [5.41, 5.74) is 0.424. The number of fused-ring (bicyclic) bond motifs is 1. The second-order valence-electron chi connectivity index (χ2n) is 5.41. The van der Waals surface area contributed by atoms with Crippen molar-refractivity contribution in [2.45, 2.75) is 17.9 Å². The monoisotopic (exact) mass is 410 g/mol. The van der Waals surface area contributed by atoms with Gasteiger partial charge >= 0.3 is 0 Å². The van der Waals surface area contributed by atoms with Crippen LogP contribution in [0.3, 0.4) is 0 Å². The molecule has 0 atom stereocenters. The number of sulfonamides is 1. The third-order valence-corrected chi connectivity index (χ3v) is 5.75. The van der Waals surface area contributed by atoms with E-state index in [2.05, 4.69) is 9.82 Å². The number of hydrogen-bond donors (Lipinski definition) is 2. The van der Waals surface area contributed by atoms with Crippen LogP contribution in [0.15, 0.2) is 46.1 Å². The highest BCUT2D eigenvalue weighted by Gasteiger charge is 2.19. The second-order valence-corrected chi connectivity index (χ2v) is 7.91. The van der Waals surface area contributed by atoms with Crippen LogP contribution in [0.5, 0.6) is 0 Å². The number of rotatable bonds is 5. The van der Waals surface area contributed by atoms with Crippen molar-refractivity contribution >= 4 is 49.8 Å². The number of nitrogens with one attached hydrogen (secondary N) is 2. The van der Waals surface area contributed by atoms with Gasteiger partial charge in [-0.05, 0) is 36.4 Å². The number of H-pyrrole nitrogens is 1. The second kappa shape index (κ2) is 7.03. The highest BCUT2D eigenvalue weighted by atomic mass is 35.5. The molecule has 1 heterocycles. The molecule has 134 valence electrons. The van der Waals surface area contributed by atoms with Crippen LogP contribution in [-0.4, -0.2) is 18.2 Å². The van der Waals surface area contributed by atoms with Gasteiger partial charge in [0.15, 0.2) is 0 Å². The third-order valence-electron chi connectivity index (χ3n) is 3.65. The molecule has 0 aliphatic rings. The van der Waals surface area contributed by atoms with Gasteiger partial charge in [-0.3, -0.25) is 19.3 Å². The highest BCUT2D eigenvalue weighted by molar-refractivity contribution is 7.92. The minimum absolute atomic E-state index is 0.00779. The number of halogens is 2. The largest absolute Gasteiger partial charge is 0.283 e. The normalized spacial score (nSPS) is 11.4. The fraction of sp³-hybridized carbons (Fsp3) is 0.125. The number of aromatic amines is 1. The molecular weight excluding hydrogens is 399 g/mol. The van der Waals surface area contributed by atoms with Gasteiger partial charge in [0.05, 0.1) is 35.0 Å². The number of nitrogens with zero attached hydrogens (tertiary/aromatic N) is 2. The van der Waals surface area contributed by atoms with Gasteiger partial charge in [-0.15, -0.1) is 0 Å². The lowest BCUT2D eigenvalue weighted by molar-refractivity contribution is 0.601. The predicted octanol–water partition coefficient (Wildman–Crippen LogP) is 3.35. The van der Waals surface area contributed by atoms with Crippen molar-refractivity contribution in [3.63, 3.8) is 0 Å². The van der Waals surface area contributed by atoms with Crippen LogP contribution in [-0.2, 0) is 16.6 Å². The Balaban J connectivity index is 1.97. The summed E-state index contributed by atoms with van der Waals surface area (Å²) < 4.78 is 29.0. The van der Waals surface area contributed by atoms with Crippen LogP contribution >= 0.6 is 23.2 Å². The van der Waals surface area contributed by atoms with Crippen LogP contribution in [0.2, 0.25) is 10.0 Å². The molecule has 0 saturated heterocycles. The lowest BCUT2D eigenvalue weighted by Crippen LogP contribution is -2.13. The lowest BCUT2D eigenvalue weighted by Gasteiger charge is -2.10. The average molecular weight is 411 g/mol. The Hall–Kier alpha value is -2.47. The molecule has 0 saturated carbocycles. The highest BCUT2D eigenvalue weighted by Crippen LogP contribution is 2.27. The smallest absolute Gasteiger partial charge is 0.272 e. The molecule has 0 radical (unpaired) electrons. The molecule has 10 heteroatoms. The van der Waals surface area contributed by atoms with Gasteiger partial charge in [0.1, 0.15) is 4.90 Å². The van der Waals surface area contributed by atoms with E-state index >= 15 is 0 Å². The van der Waals surface area contributed by atoms with E-state index in [1.165, 1.54) is 30.3 Å². The van der Waals surface area contributed by atoms with Gasteiger partial charge in [0.25, 0.3) is 15.6 Å². The van der Waals surface area contributed by atoms with Crippen molar-refractivity contribution in [1.82, 2.24) is 9.78 Å².